The second-order valence-corrected chi connectivity index (χ2v) is 4.91. The molecule has 0 aliphatic carbocycles. The molecule has 0 aromatic heterocycles. The highest BCUT2D eigenvalue weighted by atomic mass is 35.5. The van der Waals surface area contributed by atoms with E-state index in [0.717, 1.165) is 4.90 Å². The number of amides is 4. The third-order valence-electron chi connectivity index (χ3n) is 3.03. The first kappa shape index (κ1) is 14.6. The van der Waals surface area contributed by atoms with E-state index in [4.69, 9.17) is 11.6 Å². The van der Waals surface area contributed by atoms with Crippen LogP contribution in [0.3, 0.4) is 0 Å². The van der Waals surface area contributed by atoms with Crippen molar-refractivity contribution in [3.63, 3.8) is 0 Å². The standard InChI is InChI=1S/C13H16ClN3O3/c14-10-3-1-2-9(8-10)11(18)4-5-15-12(19)17-7-6-16-13(17)20/h1-3,8,11,18H,4-7H2,(H,15,19)(H,16,20)/t11-/m0/s1. The van der Waals surface area contributed by atoms with Gasteiger partial charge in [-0.25, -0.2) is 14.5 Å². The normalized spacial score (nSPS) is 15.9. The molecule has 1 aromatic carbocycles. The zero-order valence-corrected chi connectivity index (χ0v) is 11.6. The van der Waals surface area contributed by atoms with Crippen LogP contribution < -0.4 is 10.6 Å². The highest BCUT2D eigenvalue weighted by molar-refractivity contribution is 6.30. The number of aliphatic hydroxyl groups excluding tert-OH is 1. The van der Waals surface area contributed by atoms with E-state index in [2.05, 4.69) is 10.6 Å². The topological polar surface area (TPSA) is 81.7 Å². The number of urea groups is 2. The van der Waals surface area contributed by atoms with E-state index in [1.54, 1.807) is 24.3 Å². The Kier molecular flexibility index (Phi) is 4.81. The second-order valence-electron chi connectivity index (χ2n) is 4.47. The van der Waals surface area contributed by atoms with E-state index in [-0.39, 0.29) is 6.54 Å². The molecule has 20 heavy (non-hydrogen) atoms. The molecule has 1 heterocycles. The Morgan fingerprint density at radius 3 is 3.00 bits per heavy atom. The lowest BCUT2D eigenvalue weighted by Gasteiger charge is -2.15. The van der Waals surface area contributed by atoms with Crippen molar-refractivity contribution >= 4 is 23.7 Å². The lowest BCUT2D eigenvalue weighted by molar-refractivity contribution is 0.164. The first-order valence-electron chi connectivity index (χ1n) is 6.34. The van der Waals surface area contributed by atoms with Gasteiger partial charge < -0.3 is 15.7 Å². The van der Waals surface area contributed by atoms with Crippen molar-refractivity contribution in [2.75, 3.05) is 19.6 Å². The fourth-order valence-corrected chi connectivity index (χ4v) is 2.16. The average Bonchev–Trinajstić information content (AvgIpc) is 2.85. The third-order valence-corrected chi connectivity index (χ3v) is 3.26. The minimum atomic E-state index is -0.707. The maximum atomic E-state index is 11.7. The van der Waals surface area contributed by atoms with Crippen LogP contribution in [0.25, 0.3) is 0 Å². The van der Waals surface area contributed by atoms with Crippen molar-refractivity contribution in [2.24, 2.45) is 0 Å². The minimum Gasteiger partial charge on any atom is -0.388 e. The van der Waals surface area contributed by atoms with Crippen LogP contribution in [0, 0.1) is 0 Å². The highest BCUT2D eigenvalue weighted by Gasteiger charge is 2.25. The van der Waals surface area contributed by atoms with Crippen molar-refractivity contribution < 1.29 is 14.7 Å². The molecule has 108 valence electrons. The molecule has 1 saturated heterocycles. The molecular formula is C13H16ClN3O3. The Morgan fingerprint density at radius 2 is 2.35 bits per heavy atom. The molecular weight excluding hydrogens is 282 g/mol. The number of aliphatic hydroxyl groups is 1. The molecule has 4 amide bonds. The molecule has 1 aliphatic rings. The van der Waals surface area contributed by atoms with Gasteiger partial charge in [0, 0.05) is 24.7 Å². The Hall–Kier alpha value is -1.79. The van der Waals surface area contributed by atoms with Gasteiger partial charge in [-0.3, -0.25) is 0 Å². The van der Waals surface area contributed by atoms with Crippen LogP contribution >= 0.6 is 11.6 Å². The molecule has 1 aliphatic heterocycles. The molecule has 2 rings (SSSR count). The summed E-state index contributed by atoms with van der Waals surface area (Å²) in [5.41, 5.74) is 0.700. The number of hydrogen-bond acceptors (Lipinski definition) is 3. The van der Waals surface area contributed by atoms with E-state index in [9.17, 15) is 14.7 Å². The van der Waals surface area contributed by atoms with E-state index in [1.807, 2.05) is 0 Å². The van der Waals surface area contributed by atoms with Gasteiger partial charge in [0.15, 0.2) is 0 Å². The summed E-state index contributed by atoms with van der Waals surface area (Å²) in [5.74, 6) is 0. The summed E-state index contributed by atoms with van der Waals surface area (Å²) >= 11 is 5.84. The number of carbonyl (C=O) groups excluding carboxylic acids is 2. The van der Waals surface area contributed by atoms with Gasteiger partial charge in [-0.15, -0.1) is 0 Å². The monoisotopic (exact) mass is 297 g/mol. The van der Waals surface area contributed by atoms with E-state index >= 15 is 0 Å². The molecule has 7 heteroatoms. The quantitative estimate of drug-likeness (QED) is 0.787. The first-order chi connectivity index (χ1) is 9.58. The number of carbonyl (C=O) groups is 2. The van der Waals surface area contributed by atoms with Crippen molar-refractivity contribution in [1.29, 1.82) is 0 Å². The fourth-order valence-electron chi connectivity index (χ4n) is 1.96. The molecule has 3 N–H and O–H groups in total. The lowest BCUT2D eigenvalue weighted by Crippen LogP contribution is -2.42. The summed E-state index contributed by atoms with van der Waals surface area (Å²) in [6.07, 6.45) is -0.358. The Morgan fingerprint density at radius 1 is 1.55 bits per heavy atom. The summed E-state index contributed by atoms with van der Waals surface area (Å²) in [4.78, 5) is 24.0. The molecule has 0 spiro atoms. The van der Waals surface area contributed by atoms with Gasteiger partial charge in [-0.05, 0) is 24.1 Å². The molecule has 0 unspecified atom stereocenters. The Labute approximate surface area is 121 Å². The molecule has 0 radical (unpaired) electrons. The minimum absolute atomic E-state index is 0.274. The number of nitrogens with zero attached hydrogens (tertiary/aromatic N) is 1. The van der Waals surface area contributed by atoms with Gasteiger partial charge in [0.1, 0.15) is 0 Å². The smallest absolute Gasteiger partial charge is 0.325 e. The molecule has 1 atom stereocenters. The largest absolute Gasteiger partial charge is 0.388 e. The summed E-state index contributed by atoms with van der Waals surface area (Å²) in [5, 5.41) is 15.7. The van der Waals surface area contributed by atoms with Crippen molar-refractivity contribution in [3.8, 4) is 0 Å². The van der Waals surface area contributed by atoms with Gasteiger partial charge in [-0.2, -0.15) is 0 Å². The number of imide groups is 1. The number of benzene rings is 1. The van der Waals surface area contributed by atoms with Crippen LogP contribution in [0.15, 0.2) is 24.3 Å². The predicted octanol–water partition coefficient (Wildman–Crippen LogP) is 1.50. The predicted molar refractivity (Wildman–Crippen MR) is 74.5 cm³/mol. The number of nitrogens with one attached hydrogen (secondary N) is 2. The summed E-state index contributed by atoms with van der Waals surface area (Å²) < 4.78 is 0. The third kappa shape index (κ3) is 3.61. The fraction of sp³-hybridized carbons (Fsp3) is 0.385. The molecule has 1 aromatic rings. The number of rotatable bonds is 4. The maximum Gasteiger partial charge on any atom is 0.325 e. The maximum absolute atomic E-state index is 11.7. The van der Waals surface area contributed by atoms with Gasteiger partial charge >= 0.3 is 12.1 Å². The summed E-state index contributed by atoms with van der Waals surface area (Å²) in [6, 6.07) is 6.10. The number of halogens is 1. The van der Waals surface area contributed by atoms with Crippen LogP contribution in [0.1, 0.15) is 18.1 Å². The van der Waals surface area contributed by atoms with E-state index < -0.39 is 18.2 Å². The van der Waals surface area contributed by atoms with Crippen molar-refractivity contribution in [3.05, 3.63) is 34.9 Å². The molecule has 1 fully saturated rings. The summed E-state index contributed by atoms with van der Waals surface area (Å²) in [7, 11) is 0. The Balaban J connectivity index is 1.78. The van der Waals surface area contributed by atoms with Crippen LogP contribution in [0.5, 0.6) is 0 Å². The van der Waals surface area contributed by atoms with Crippen molar-refractivity contribution in [2.45, 2.75) is 12.5 Å². The van der Waals surface area contributed by atoms with E-state index in [0.29, 0.717) is 30.1 Å². The molecule has 6 nitrogen and oxygen atoms in total. The van der Waals surface area contributed by atoms with Gasteiger partial charge in [0.2, 0.25) is 0 Å². The zero-order chi connectivity index (χ0) is 14.5. The van der Waals surface area contributed by atoms with Crippen LogP contribution in [0.2, 0.25) is 5.02 Å². The first-order valence-corrected chi connectivity index (χ1v) is 6.72. The van der Waals surface area contributed by atoms with Gasteiger partial charge in [0.05, 0.1) is 6.10 Å². The highest BCUT2D eigenvalue weighted by Crippen LogP contribution is 2.19. The lowest BCUT2D eigenvalue weighted by atomic mass is 10.1. The SMILES string of the molecule is O=C(NCC[C@H](O)c1cccc(Cl)c1)N1CCNC1=O. The zero-order valence-electron chi connectivity index (χ0n) is 10.8. The molecule has 0 bridgehead atoms. The van der Waals surface area contributed by atoms with Gasteiger partial charge in [-0.1, -0.05) is 23.7 Å². The summed E-state index contributed by atoms with van der Waals surface area (Å²) in [6.45, 7) is 1.11. The average molecular weight is 298 g/mol. The van der Waals surface area contributed by atoms with E-state index in [1.165, 1.54) is 0 Å². The number of hydrogen-bond donors (Lipinski definition) is 3. The van der Waals surface area contributed by atoms with Crippen molar-refractivity contribution in [1.82, 2.24) is 15.5 Å². The Bertz CT molecular complexity index is 509. The van der Waals surface area contributed by atoms with Crippen LogP contribution in [0.4, 0.5) is 9.59 Å². The second kappa shape index (κ2) is 6.58. The van der Waals surface area contributed by atoms with Gasteiger partial charge in [0.25, 0.3) is 0 Å². The molecule has 0 saturated carbocycles. The van der Waals surface area contributed by atoms with Crippen LogP contribution in [-0.4, -0.2) is 41.7 Å². The van der Waals surface area contributed by atoms with Crippen LogP contribution in [-0.2, 0) is 0 Å².